The maximum Gasteiger partial charge on any atom is 0.335 e. The molecule has 3 heterocycles. The third-order valence-electron chi connectivity index (χ3n) is 8.52. The number of fused-ring (bicyclic) bond motifs is 3. The highest BCUT2D eigenvalue weighted by Crippen LogP contribution is 2.43. The lowest BCUT2D eigenvalue weighted by molar-refractivity contribution is 0.0696. The molecule has 1 aliphatic heterocycles. The predicted octanol–water partition coefficient (Wildman–Crippen LogP) is 8.33. The summed E-state index contributed by atoms with van der Waals surface area (Å²) in [5, 5.41) is 19.4. The number of rotatable bonds is 8. The van der Waals surface area contributed by atoms with Gasteiger partial charge in [-0.25, -0.2) is 4.79 Å². The van der Waals surface area contributed by atoms with Crippen LogP contribution in [0.1, 0.15) is 61.8 Å². The second-order valence-corrected chi connectivity index (χ2v) is 12.4. The van der Waals surface area contributed by atoms with E-state index in [2.05, 4.69) is 14.8 Å². The number of halogens is 2. The number of aryl methyl sites for hydroxylation is 6. The Hall–Kier alpha value is -4.27. The number of H-pyrrole nitrogens is 1. The summed E-state index contributed by atoms with van der Waals surface area (Å²) in [6, 6.07) is 14.3. The molecular weight excluding hydrogens is 611 g/mol. The minimum atomic E-state index is -1.04. The van der Waals surface area contributed by atoms with Gasteiger partial charge in [-0.3, -0.25) is 9.89 Å². The highest BCUT2D eigenvalue weighted by molar-refractivity contribution is 6.35. The van der Waals surface area contributed by atoms with E-state index in [4.69, 9.17) is 27.9 Å². The van der Waals surface area contributed by atoms with Crippen LogP contribution in [0.3, 0.4) is 0 Å². The number of ether oxygens (including phenoxy) is 1. The van der Waals surface area contributed by atoms with E-state index in [-0.39, 0.29) is 11.5 Å². The van der Waals surface area contributed by atoms with Crippen LogP contribution >= 0.6 is 23.2 Å². The summed E-state index contributed by atoms with van der Waals surface area (Å²) in [7, 11) is 0. The van der Waals surface area contributed by atoms with Gasteiger partial charge in [0.2, 0.25) is 0 Å². The number of nitrogens with zero attached hydrogens (tertiary/aromatic N) is 3. The first-order valence-electron chi connectivity index (χ1n) is 15.0. The zero-order valence-electron chi connectivity index (χ0n) is 25.6. The fourth-order valence-electron chi connectivity index (χ4n) is 6.47. The average Bonchev–Trinajstić information content (AvgIpc) is 3.44. The van der Waals surface area contributed by atoms with Crippen molar-refractivity contribution in [1.82, 2.24) is 14.8 Å². The molecule has 2 N–H and O–H groups in total. The van der Waals surface area contributed by atoms with Crippen molar-refractivity contribution < 1.29 is 19.4 Å². The van der Waals surface area contributed by atoms with Gasteiger partial charge in [0.1, 0.15) is 11.4 Å². The van der Waals surface area contributed by atoms with Gasteiger partial charge in [0, 0.05) is 46.0 Å². The number of hydrogen-bond acceptors (Lipinski definition) is 4. The molecule has 0 bridgehead atoms. The third-order valence-corrected chi connectivity index (χ3v) is 9.43. The van der Waals surface area contributed by atoms with Gasteiger partial charge in [0.25, 0.3) is 5.91 Å². The van der Waals surface area contributed by atoms with Gasteiger partial charge in [-0.2, -0.15) is 5.10 Å². The first-order chi connectivity index (χ1) is 21.6. The van der Waals surface area contributed by atoms with Gasteiger partial charge in [-0.15, -0.1) is 0 Å². The second-order valence-electron chi connectivity index (χ2n) is 11.6. The zero-order valence-corrected chi connectivity index (χ0v) is 27.1. The number of aromatic nitrogens is 3. The van der Waals surface area contributed by atoms with E-state index in [0.29, 0.717) is 55.4 Å². The largest absolute Gasteiger partial charge is 0.494 e. The standard InChI is InChI=1S/C35H34Cl2N4O4/c1-19-16-25(17-20(2)31(19)37)45-15-6-10-26-27-11-12-28(36)30(29-21(3)38-39-22(29)4)32(27)41-14-7-13-40(34(42)33(26)41)24-9-5-8-23(18-24)35(43)44/h5,8-9,11-12,16-18H,6-7,10,13-15H2,1-4H3,(H,38,39)(H,43,44). The van der Waals surface area contributed by atoms with E-state index in [9.17, 15) is 14.7 Å². The molecule has 0 aliphatic carbocycles. The van der Waals surface area contributed by atoms with Gasteiger partial charge in [-0.1, -0.05) is 35.3 Å². The Labute approximate surface area is 271 Å². The summed E-state index contributed by atoms with van der Waals surface area (Å²) in [5.74, 6) is -0.450. The molecule has 0 fully saturated rings. The number of anilines is 1. The molecule has 0 saturated carbocycles. The molecular formula is C35H34Cl2N4O4. The predicted molar refractivity (Wildman–Crippen MR) is 178 cm³/mol. The molecule has 0 unspecified atom stereocenters. The van der Waals surface area contributed by atoms with Gasteiger partial charge < -0.3 is 19.3 Å². The fraction of sp³-hybridized carbons (Fsp3) is 0.286. The SMILES string of the molecule is Cc1cc(OCCCc2c3n(c4c(-c5c(C)n[nH]c5C)c(Cl)ccc24)CCCN(c2cccc(C(=O)O)c2)C3=O)cc(C)c1Cl. The van der Waals surface area contributed by atoms with Gasteiger partial charge in [0.15, 0.2) is 0 Å². The molecule has 8 nitrogen and oxygen atoms in total. The summed E-state index contributed by atoms with van der Waals surface area (Å²) >= 11 is 13.3. The first kappa shape index (κ1) is 30.7. The van der Waals surface area contributed by atoms with Crippen LogP contribution in [0.4, 0.5) is 5.69 Å². The Bertz CT molecular complexity index is 1930. The first-order valence-corrected chi connectivity index (χ1v) is 15.7. The second kappa shape index (κ2) is 12.3. The van der Waals surface area contributed by atoms with Crippen LogP contribution in [-0.2, 0) is 13.0 Å². The van der Waals surface area contributed by atoms with Crippen LogP contribution in [0.25, 0.3) is 22.0 Å². The summed E-state index contributed by atoms with van der Waals surface area (Å²) in [6.07, 6.45) is 1.92. The lowest BCUT2D eigenvalue weighted by Gasteiger charge is -2.21. The molecule has 0 spiro atoms. The van der Waals surface area contributed by atoms with E-state index in [1.54, 1.807) is 23.1 Å². The molecule has 0 radical (unpaired) electrons. The van der Waals surface area contributed by atoms with Crippen LogP contribution in [0.5, 0.6) is 5.75 Å². The average molecular weight is 646 g/mol. The Morgan fingerprint density at radius 2 is 1.78 bits per heavy atom. The van der Waals surface area contributed by atoms with Crippen molar-refractivity contribution in [3.8, 4) is 16.9 Å². The fourth-order valence-corrected chi connectivity index (χ4v) is 6.83. The monoisotopic (exact) mass is 644 g/mol. The summed E-state index contributed by atoms with van der Waals surface area (Å²) in [4.78, 5) is 28.0. The number of carbonyl (C=O) groups is 2. The Morgan fingerprint density at radius 3 is 2.47 bits per heavy atom. The van der Waals surface area contributed by atoms with E-state index >= 15 is 0 Å². The molecule has 45 heavy (non-hydrogen) atoms. The molecule has 6 rings (SSSR count). The maximum atomic E-state index is 14.5. The van der Waals surface area contributed by atoms with Crippen molar-refractivity contribution in [2.45, 2.75) is 53.5 Å². The summed E-state index contributed by atoms with van der Waals surface area (Å²) < 4.78 is 8.24. The number of amides is 1. The number of aromatic carboxylic acids is 1. The number of hydrogen-bond donors (Lipinski definition) is 2. The van der Waals surface area contributed by atoms with E-state index in [1.807, 2.05) is 52.0 Å². The molecule has 232 valence electrons. The minimum absolute atomic E-state index is 0.134. The van der Waals surface area contributed by atoms with Gasteiger partial charge in [-0.05, 0) is 100 Å². The van der Waals surface area contributed by atoms with Gasteiger partial charge >= 0.3 is 5.97 Å². The third kappa shape index (κ3) is 5.57. The highest BCUT2D eigenvalue weighted by atomic mass is 35.5. The number of carboxylic acids is 1. The quantitative estimate of drug-likeness (QED) is 0.165. The van der Waals surface area contributed by atoms with Crippen LogP contribution in [0.15, 0.2) is 48.5 Å². The topological polar surface area (TPSA) is 100 Å². The molecule has 0 saturated heterocycles. The number of aromatic amines is 1. The number of benzene rings is 3. The minimum Gasteiger partial charge on any atom is -0.494 e. The Kier molecular flexibility index (Phi) is 8.37. The molecule has 0 atom stereocenters. The van der Waals surface area contributed by atoms with E-state index < -0.39 is 5.97 Å². The van der Waals surface area contributed by atoms with Crippen molar-refractivity contribution >= 4 is 51.7 Å². The Balaban J connectivity index is 1.46. The lowest BCUT2D eigenvalue weighted by atomic mass is 9.98. The normalized spacial score (nSPS) is 13.3. The zero-order chi connectivity index (χ0) is 32.0. The molecule has 5 aromatic rings. The van der Waals surface area contributed by atoms with Crippen molar-refractivity contribution in [1.29, 1.82) is 0 Å². The molecule has 1 aliphatic rings. The molecule has 10 heteroatoms. The van der Waals surface area contributed by atoms with Crippen molar-refractivity contribution in [3.63, 3.8) is 0 Å². The molecule has 3 aromatic carbocycles. The maximum absolute atomic E-state index is 14.5. The van der Waals surface area contributed by atoms with Crippen LogP contribution in [0, 0.1) is 27.7 Å². The van der Waals surface area contributed by atoms with Gasteiger partial charge in [0.05, 0.1) is 28.4 Å². The molecule has 1 amide bonds. The van der Waals surface area contributed by atoms with Crippen molar-refractivity contribution in [3.05, 3.63) is 97.9 Å². The van der Waals surface area contributed by atoms with Crippen molar-refractivity contribution in [2.75, 3.05) is 18.1 Å². The number of carbonyl (C=O) groups excluding carboxylic acids is 1. The van der Waals surface area contributed by atoms with E-state index in [1.165, 1.54) is 6.07 Å². The summed E-state index contributed by atoms with van der Waals surface area (Å²) in [5.41, 5.74) is 8.52. The number of carboxylic acid groups (broad SMARTS) is 1. The Morgan fingerprint density at radius 1 is 1.02 bits per heavy atom. The van der Waals surface area contributed by atoms with E-state index in [0.717, 1.165) is 60.9 Å². The van der Waals surface area contributed by atoms with Crippen LogP contribution in [-0.4, -0.2) is 44.9 Å². The highest BCUT2D eigenvalue weighted by Gasteiger charge is 2.32. The van der Waals surface area contributed by atoms with Crippen LogP contribution < -0.4 is 9.64 Å². The van der Waals surface area contributed by atoms with Crippen LogP contribution in [0.2, 0.25) is 10.0 Å². The van der Waals surface area contributed by atoms with Crippen molar-refractivity contribution in [2.24, 2.45) is 0 Å². The number of nitrogens with one attached hydrogen (secondary N) is 1. The molecule has 2 aromatic heterocycles. The summed E-state index contributed by atoms with van der Waals surface area (Å²) in [6.45, 7) is 9.32. The lowest BCUT2D eigenvalue weighted by Crippen LogP contribution is -2.31. The smallest absolute Gasteiger partial charge is 0.335 e.